The number of hydrogen-bond acceptors (Lipinski definition) is 7. The fourth-order valence-electron chi connectivity index (χ4n) is 3.96. The van der Waals surface area contributed by atoms with E-state index in [1.165, 1.54) is 5.56 Å². The molecule has 0 radical (unpaired) electrons. The quantitative estimate of drug-likeness (QED) is 0.438. The Kier molecular flexibility index (Phi) is 6.09. The number of para-hydroxylation sites is 1. The molecule has 0 N–H and O–H groups in total. The largest absolute Gasteiger partial charge is 0.493 e. The second kappa shape index (κ2) is 9.48. The maximum Gasteiger partial charge on any atom is 0.278 e. The minimum atomic E-state index is -0.134. The van der Waals surface area contributed by atoms with Crippen LogP contribution in [0.4, 0.5) is 0 Å². The van der Waals surface area contributed by atoms with Crippen molar-refractivity contribution in [3.05, 3.63) is 77.9 Å². The lowest BCUT2D eigenvalue weighted by Gasteiger charge is -2.33. The molecule has 1 fully saturated rings. The maximum atomic E-state index is 13.2. The summed E-state index contributed by atoms with van der Waals surface area (Å²) in [7, 11) is 1.55. The zero-order valence-electron chi connectivity index (χ0n) is 19.2. The van der Waals surface area contributed by atoms with E-state index in [0.29, 0.717) is 55.9 Å². The van der Waals surface area contributed by atoms with Gasteiger partial charge in [-0.1, -0.05) is 53.2 Å². The number of methoxy groups -OCH3 is 1. The van der Waals surface area contributed by atoms with Crippen LogP contribution in [0.2, 0.25) is 0 Å². The SMILES string of the molecule is COc1cn(-c2ccccc2)nc1C(=O)N1CCN(Cc2nc(-c3ccc(C)cc3)no2)CC1. The van der Waals surface area contributed by atoms with Crippen molar-refractivity contribution in [2.45, 2.75) is 13.5 Å². The van der Waals surface area contributed by atoms with Crippen LogP contribution >= 0.6 is 0 Å². The first kappa shape index (κ1) is 21.8. The molecule has 1 amide bonds. The molecule has 0 aliphatic carbocycles. The Labute approximate surface area is 197 Å². The van der Waals surface area contributed by atoms with E-state index < -0.39 is 0 Å². The minimum Gasteiger partial charge on any atom is -0.493 e. The summed E-state index contributed by atoms with van der Waals surface area (Å²) in [6.07, 6.45) is 1.74. The third-order valence-corrected chi connectivity index (χ3v) is 5.92. The van der Waals surface area contributed by atoms with Crippen LogP contribution in [0.3, 0.4) is 0 Å². The first-order valence-electron chi connectivity index (χ1n) is 11.2. The van der Waals surface area contributed by atoms with Crippen LogP contribution < -0.4 is 4.74 Å². The van der Waals surface area contributed by atoms with Gasteiger partial charge in [-0.2, -0.15) is 10.1 Å². The molecular weight excluding hydrogens is 432 g/mol. The highest BCUT2D eigenvalue weighted by molar-refractivity contribution is 5.95. The van der Waals surface area contributed by atoms with Crippen molar-refractivity contribution in [2.75, 3.05) is 33.3 Å². The predicted molar refractivity (Wildman–Crippen MR) is 126 cm³/mol. The second-order valence-electron chi connectivity index (χ2n) is 8.27. The molecule has 4 aromatic rings. The number of nitrogens with zero attached hydrogens (tertiary/aromatic N) is 6. The normalized spacial score (nSPS) is 14.4. The highest BCUT2D eigenvalue weighted by atomic mass is 16.5. The Balaban J connectivity index is 1.21. The third-order valence-electron chi connectivity index (χ3n) is 5.92. The van der Waals surface area contributed by atoms with Crippen molar-refractivity contribution < 1.29 is 14.1 Å². The topological polar surface area (TPSA) is 89.5 Å². The van der Waals surface area contributed by atoms with Gasteiger partial charge in [0, 0.05) is 31.7 Å². The van der Waals surface area contributed by atoms with Crippen LogP contribution in [0.15, 0.2) is 65.3 Å². The van der Waals surface area contributed by atoms with Crippen molar-refractivity contribution in [1.82, 2.24) is 29.7 Å². The molecule has 9 heteroatoms. The average Bonchev–Trinajstić information content (AvgIpc) is 3.52. The smallest absolute Gasteiger partial charge is 0.278 e. The first-order chi connectivity index (χ1) is 16.6. The Morgan fingerprint density at radius 1 is 1.03 bits per heavy atom. The lowest BCUT2D eigenvalue weighted by Crippen LogP contribution is -2.48. The molecular formula is C25H26N6O3. The molecule has 0 atom stereocenters. The third kappa shape index (κ3) is 4.55. The van der Waals surface area contributed by atoms with E-state index in [9.17, 15) is 4.79 Å². The molecule has 174 valence electrons. The number of amides is 1. The molecule has 3 heterocycles. The number of piperazine rings is 1. The highest BCUT2D eigenvalue weighted by Gasteiger charge is 2.28. The molecule has 34 heavy (non-hydrogen) atoms. The van der Waals surface area contributed by atoms with Crippen LogP contribution in [0, 0.1) is 6.92 Å². The van der Waals surface area contributed by atoms with Crippen molar-refractivity contribution in [1.29, 1.82) is 0 Å². The van der Waals surface area contributed by atoms with Gasteiger partial charge in [0.2, 0.25) is 11.7 Å². The lowest BCUT2D eigenvalue weighted by atomic mass is 10.1. The number of rotatable bonds is 6. The number of ether oxygens (including phenoxy) is 1. The molecule has 2 aromatic carbocycles. The summed E-state index contributed by atoms with van der Waals surface area (Å²) < 4.78 is 12.6. The van der Waals surface area contributed by atoms with E-state index in [2.05, 4.69) is 20.1 Å². The number of benzene rings is 2. The lowest BCUT2D eigenvalue weighted by molar-refractivity contribution is 0.0606. The average molecular weight is 459 g/mol. The Morgan fingerprint density at radius 3 is 2.47 bits per heavy atom. The fourth-order valence-corrected chi connectivity index (χ4v) is 3.96. The van der Waals surface area contributed by atoms with Gasteiger partial charge in [0.1, 0.15) is 0 Å². The summed E-state index contributed by atoms with van der Waals surface area (Å²) in [5.41, 5.74) is 3.30. The standard InChI is InChI=1S/C25H26N6O3/c1-18-8-10-19(11-9-18)24-26-22(34-28-24)17-29-12-14-30(15-13-29)25(32)23-21(33-2)16-31(27-23)20-6-4-3-5-7-20/h3-11,16H,12-15,17H2,1-2H3. The Bertz CT molecular complexity index is 1260. The second-order valence-corrected chi connectivity index (χ2v) is 8.27. The molecule has 1 aliphatic rings. The van der Waals surface area contributed by atoms with Crippen molar-refractivity contribution in [3.8, 4) is 22.8 Å². The Hall–Kier alpha value is -3.98. The summed E-state index contributed by atoms with van der Waals surface area (Å²) in [5, 5.41) is 8.61. The molecule has 0 spiro atoms. The maximum absolute atomic E-state index is 13.2. The monoisotopic (exact) mass is 458 g/mol. The summed E-state index contributed by atoms with van der Waals surface area (Å²) in [5.74, 6) is 1.49. The number of hydrogen-bond donors (Lipinski definition) is 0. The van der Waals surface area contributed by atoms with Crippen molar-refractivity contribution in [2.24, 2.45) is 0 Å². The zero-order chi connectivity index (χ0) is 23.5. The number of carbonyl (C=O) groups is 1. The highest BCUT2D eigenvalue weighted by Crippen LogP contribution is 2.22. The first-order valence-corrected chi connectivity index (χ1v) is 11.2. The number of aryl methyl sites for hydroxylation is 1. The van der Waals surface area contributed by atoms with E-state index in [4.69, 9.17) is 9.26 Å². The molecule has 0 saturated carbocycles. The van der Waals surface area contributed by atoms with Crippen LogP contribution in [0.1, 0.15) is 21.9 Å². The van der Waals surface area contributed by atoms with Crippen LogP contribution in [-0.2, 0) is 6.54 Å². The van der Waals surface area contributed by atoms with E-state index >= 15 is 0 Å². The summed E-state index contributed by atoms with van der Waals surface area (Å²) in [4.78, 5) is 21.7. The zero-order valence-corrected chi connectivity index (χ0v) is 19.2. The molecule has 0 unspecified atom stereocenters. The van der Waals surface area contributed by atoms with E-state index in [1.807, 2.05) is 66.4 Å². The van der Waals surface area contributed by atoms with Gasteiger partial charge in [0.25, 0.3) is 5.91 Å². The number of carbonyl (C=O) groups excluding carboxylic acids is 1. The van der Waals surface area contributed by atoms with Crippen molar-refractivity contribution >= 4 is 5.91 Å². The van der Waals surface area contributed by atoms with Crippen LogP contribution in [0.5, 0.6) is 5.75 Å². The van der Waals surface area contributed by atoms with Gasteiger partial charge in [-0.05, 0) is 19.1 Å². The molecule has 9 nitrogen and oxygen atoms in total. The molecule has 1 saturated heterocycles. The van der Waals surface area contributed by atoms with Gasteiger partial charge in [-0.25, -0.2) is 4.68 Å². The summed E-state index contributed by atoms with van der Waals surface area (Å²) in [6, 6.07) is 17.7. The van der Waals surface area contributed by atoms with E-state index in [-0.39, 0.29) is 5.91 Å². The Morgan fingerprint density at radius 2 is 1.76 bits per heavy atom. The fraction of sp³-hybridized carbons (Fsp3) is 0.280. The molecule has 0 bridgehead atoms. The van der Waals surface area contributed by atoms with Gasteiger partial charge >= 0.3 is 0 Å². The van der Waals surface area contributed by atoms with Gasteiger partial charge in [-0.15, -0.1) is 0 Å². The van der Waals surface area contributed by atoms with Gasteiger partial charge in [0.15, 0.2) is 11.4 Å². The summed E-state index contributed by atoms with van der Waals surface area (Å²) in [6.45, 7) is 5.16. The molecule has 2 aromatic heterocycles. The minimum absolute atomic E-state index is 0.134. The number of aromatic nitrogens is 4. The van der Waals surface area contributed by atoms with Crippen LogP contribution in [0.25, 0.3) is 17.1 Å². The van der Waals surface area contributed by atoms with Crippen molar-refractivity contribution in [3.63, 3.8) is 0 Å². The molecule has 5 rings (SSSR count). The summed E-state index contributed by atoms with van der Waals surface area (Å²) >= 11 is 0. The molecule has 1 aliphatic heterocycles. The van der Waals surface area contributed by atoms with E-state index in [1.54, 1.807) is 18.0 Å². The van der Waals surface area contributed by atoms with Gasteiger partial charge < -0.3 is 14.2 Å². The van der Waals surface area contributed by atoms with Gasteiger partial charge in [-0.3, -0.25) is 9.69 Å². The predicted octanol–water partition coefficient (Wildman–Crippen LogP) is 3.20. The van der Waals surface area contributed by atoms with Crippen LogP contribution in [-0.4, -0.2) is 68.9 Å². The van der Waals surface area contributed by atoms with Gasteiger partial charge in [0.05, 0.1) is 25.5 Å². The van der Waals surface area contributed by atoms with E-state index in [0.717, 1.165) is 11.3 Å².